The second-order valence-electron chi connectivity index (χ2n) is 3.42. The molecule has 16 heavy (non-hydrogen) atoms. The molecule has 4 nitrogen and oxygen atoms in total. The Hall–Kier alpha value is -1.11. The molecule has 1 aromatic carbocycles. The highest BCUT2D eigenvalue weighted by molar-refractivity contribution is 7.80. The third-order valence-corrected chi connectivity index (χ3v) is 4.02. The molecule has 84 valence electrons. The quantitative estimate of drug-likeness (QED) is 0.725. The third kappa shape index (κ3) is 1.68. The van der Waals surface area contributed by atoms with Gasteiger partial charge in [-0.25, -0.2) is 9.78 Å². The minimum Gasteiger partial charge on any atom is -0.480 e. The maximum atomic E-state index is 11.1. The number of benzene rings is 1. The lowest BCUT2D eigenvalue weighted by Crippen LogP contribution is -2.46. The van der Waals surface area contributed by atoms with Crippen molar-refractivity contribution >= 4 is 40.2 Å². The van der Waals surface area contributed by atoms with Crippen molar-refractivity contribution in [2.45, 2.75) is 5.54 Å². The van der Waals surface area contributed by atoms with E-state index in [4.69, 9.17) is 10.8 Å². The predicted molar refractivity (Wildman–Crippen MR) is 67.0 cm³/mol. The zero-order chi connectivity index (χ0) is 11.8. The van der Waals surface area contributed by atoms with E-state index < -0.39 is 11.5 Å². The number of nitrogens with two attached hydrogens (primary N) is 1. The second-order valence-corrected chi connectivity index (χ2v) is 4.77. The molecular weight excluding hydrogens is 244 g/mol. The smallest absolute Gasteiger partial charge is 0.331 e. The summed E-state index contributed by atoms with van der Waals surface area (Å²) in [6.45, 7) is 0. The lowest BCUT2D eigenvalue weighted by Gasteiger charge is -2.18. The molecule has 2 aromatic rings. The van der Waals surface area contributed by atoms with Crippen molar-refractivity contribution in [2.75, 3.05) is 5.75 Å². The Morgan fingerprint density at radius 3 is 2.81 bits per heavy atom. The van der Waals surface area contributed by atoms with Crippen molar-refractivity contribution in [3.8, 4) is 0 Å². The molecule has 1 heterocycles. The number of thiazole rings is 1. The van der Waals surface area contributed by atoms with Crippen molar-refractivity contribution in [2.24, 2.45) is 5.73 Å². The SMILES string of the molecule is N[C@@](CS)(C(=O)O)c1nc2ccccc2s1. The molecule has 3 N–H and O–H groups in total. The van der Waals surface area contributed by atoms with Gasteiger partial charge in [0.1, 0.15) is 5.01 Å². The predicted octanol–water partition coefficient (Wildman–Crippen LogP) is 1.46. The summed E-state index contributed by atoms with van der Waals surface area (Å²) in [4.78, 5) is 15.4. The van der Waals surface area contributed by atoms with E-state index >= 15 is 0 Å². The summed E-state index contributed by atoms with van der Waals surface area (Å²) in [5.74, 6) is -1.09. The van der Waals surface area contributed by atoms with E-state index in [1.165, 1.54) is 11.3 Å². The van der Waals surface area contributed by atoms with Crippen LogP contribution < -0.4 is 5.73 Å². The molecule has 2 rings (SSSR count). The monoisotopic (exact) mass is 254 g/mol. The van der Waals surface area contributed by atoms with Gasteiger partial charge in [0.05, 0.1) is 10.2 Å². The molecule has 0 aliphatic heterocycles. The van der Waals surface area contributed by atoms with Crippen LogP contribution in [-0.4, -0.2) is 21.8 Å². The molecule has 6 heteroatoms. The standard InChI is InChI=1S/C10H10N2O2S2/c11-10(5-15,9(13)14)8-12-6-3-1-2-4-7(6)16-8/h1-4,15H,5,11H2,(H,13,14)/t10-/m1/s1. The molecule has 0 bridgehead atoms. The summed E-state index contributed by atoms with van der Waals surface area (Å²) >= 11 is 5.29. The van der Waals surface area contributed by atoms with Gasteiger partial charge in [-0.1, -0.05) is 12.1 Å². The van der Waals surface area contributed by atoms with Crippen molar-refractivity contribution in [3.05, 3.63) is 29.3 Å². The first-order valence-electron chi connectivity index (χ1n) is 4.57. The number of hydrogen-bond donors (Lipinski definition) is 3. The van der Waals surface area contributed by atoms with Gasteiger partial charge in [0, 0.05) is 5.75 Å². The number of para-hydroxylation sites is 1. The molecule has 0 saturated heterocycles. The molecule has 0 radical (unpaired) electrons. The van der Waals surface area contributed by atoms with Gasteiger partial charge in [-0.15, -0.1) is 11.3 Å². The van der Waals surface area contributed by atoms with E-state index in [1.54, 1.807) is 0 Å². The Morgan fingerprint density at radius 1 is 1.56 bits per heavy atom. The van der Waals surface area contributed by atoms with Crippen LogP contribution >= 0.6 is 24.0 Å². The fourth-order valence-electron chi connectivity index (χ4n) is 1.29. The first-order chi connectivity index (χ1) is 7.58. The van der Waals surface area contributed by atoms with Crippen LogP contribution in [0.1, 0.15) is 5.01 Å². The van der Waals surface area contributed by atoms with Gasteiger partial charge in [0.15, 0.2) is 5.54 Å². The normalized spacial score (nSPS) is 14.9. The summed E-state index contributed by atoms with van der Waals surface area (Å²) in [6.07, 6.45) is 0. The minimum atomic E-state index is -1.51. The number of fused-ring (bicyclic) bond motifs is 1. The average molecular weight is 254 g/mol. The van der Waals surface area contributed by atoms with E-state index in [1.807, 2.05) is 24.3 Å². The Balaban J connectivity index is 2.58. The van der Waals surface area contributed by atoms with Crippen LogP contribution in [0.3, 0.4) is 0 Å². The van der Waals surface area contributed by atoms with Crippen LogP contribution in [0.5, 0.6) is 0 Å². The van der Waals surface area contributed by atoms with E-state index in [2.05, 4.69) is 17.6 Å². The average Bonchev–Trinajstić information content (AvgIpc) is 2.71. The summed E-state index contributed by atoms with van der Waals surface area (Å²) in [6, 6.07) is 7.45. The van der Waals surface area contributed by atoms with Crippen LogP contribution in [0, 0.1) is 0 Å². The van der Waals surface area contributed by atoms with E-state index in [0.717, 1.165) is 10.2 Å². The van der Waals surface area contributed by atoms with Gasteiger partial charge in [0.2, 0.25) is 0 Å². The fraction of sp³-hybridized carbons (Fsp3) is 0.200. The largest absolute Gasteiger partial charge is 0.480 e. The van der Waals surface area contributed by atoms with Crippen molar-refractivity contribution in [1.29, 1.82) is 0 Å². The topological polar surface area (TPSA) is 76.2 Å². The van der Waals surface area contributed by atoms with Crippen LogP contribution in [0.15, 0.2) is 24.3 Å². The van der Waals surface area contributed by atoms with E-state index in [0.29, 0.717) is 5.01 Å². The summed E-state index contributed by atoms with van der Waals surface area (Å²) < 4.78 is 0.926. The molecule has 0 aliphatic rings. The highest BCUT2D eigenvalue weighted by Gasteiger charge is 2.38. The Labute approximate surface area is 102 Å². The lowest BCUT2D eigenvalue weighted by atomic mass is 10.1. The Kier molecular flexibility index (Phi) is 2.88. The maximum absolute atomic E-state index is 11.1. The molecule has 0 saturated carbocycles. The Morgan fingerprint density at radius 2 is 2.25 bits per heavy atom. The van der Waals surface area contributed by atoms with Gasteiger partial charge in [-0.3, -0.25) is 0 Å². The highest BCUT2D eigenvalue weighted by atomic mass is 32.1. The van der Waals surface area contributed by atoms with Gasteiger partial charge in [0.25, 0.3) is 0 Å². The first-order valence-corrected chi connectivity index (χ1v) is 6.02. The van der Waals surface area contributed by atoms with E-state index in [9.17, 15) is 4.79 Å². The number of thiol groups is 1. The molecule has 1 atom stereocenters. The molecule has 0 aliphatic carbocycles. The molecule has 0 amide bonds. The number of nitrogens with zero attached hydrogens (tertiary/aromatic N) is 1. The summed E-state index contributed by atoms with van der Waals surface area (Å²) in [7, 11) is 0. The minimum absolute atomic E-state index is 0.0160. The molecule has 0 spiro atoms. The third-order valence-electron chi connectivity index (χ3n) is 2.31. The van der Waals surface area contributed by atoms with Crippen molar-refractivity contribution in [1.82, 2.24) is 4.98 Å². The lowest BCUT2D eigenvalue weighted by molar-refractivity contribution is -0.142. The van der Waals surface area contributed by atoms with Crippen molar-refractivity contribution < 1.29 is 9.90 Å². The van der Waals surface area contributed by atoms with Crippen molar-refractivity contribution in [3.63, 3.8) is 0 Å². The number of rotatable bonds is 3. The van der Waals surface area contributed by atoms with Crippen LogP contribution in [0.2, 0.25) is 0 Å². The number of aliphatic carboxylic acids is 1. The number of carboxylic acid groups (broad SMARTS) is 1. The zero-order valence-electron chi connectivity index (χ0n) is 8.25. The Bertz CT molecular complexity index is 507. The highest BCUT2D eigenvalue weighted by Crippen LogP contribution is 2.29. The first kappa shape index (κ1) is 11.4. The number of aromatic nitrogens is 1. The second kappa shape index (κ2) is 4.04. The fourth-order valence-corrected chi connectivity index (χ4v) is 2.74. The maximum Gasteiger partial charge on any atom is 0.331 e. The molecule has 0 fully saturated rings. The van der Waals surface area contributed by atoms with Crippen LogP contribution in [-0.2, 0) is 10.3 Å². The van der Waals surface area contributed by atoms with Gasteiger partial charge in [-0.2, -0.15) is 12.6 Å². The molecule has 0 unspecified atom stereocenters. The van der Waals surface area contributed by atoms with E-state index in [-0.39, 0.29) is 5.75 Å². The number of carbonyl (C=O) groups is 1. The molecular formula is C10H10N2O2S2. The zero-order valence-corrected chi connectivity index (χ0v) is 9.96. The van der Waals surface area contributed by atoms with Gasteiger partial charge < -0.3 is 10.8 Å². The van der Waals surface area contributed by atoms with Gasteiger partial charge in [-0.05, 0) is 12.1 Å². The number of carboxylic acids is 1. The summed E-state index contributed by atoms with van der Waals surface area (Å²) in [5.41, 5.74) is 5.05. The number of hydrogen-bond acceptors (Lipinski definition) is 5. The van der Waals surface area contributed by atoms with Crippen LogP contribution in [0.25, 0.3) is 10.2 Å². The molecule has 1 aromatic heterocycles. The summed E-state index contributed by atoms with van der Waals surface area (Å²) in [5, 5.41) is 9.49. The van der Waals surface area contributed by atoms with Crippen LogP contribution in [0.4, 0.5) is 0 Å². The van der Waals surface area contributed by atoms with Gasteiger partial charge >= 0.3 is 5.97 Å².